The van der Waals surface area contributed by atoms with Gasteiger partial charge in [0.25, 0.3) is 0 Å². The minimum atomic E-state index is -4.80. The van der Waals surface area contributed by atoms with Crippen molar-refractivity contribution in [3.05, 3.63) is 60.2 Å². The average Bonchev–Trinajstić information content (AvgIpc) is 2.58. The number of hydrogen-bond acceptors (Lipinski definition) is 4. The molecular weight excluding hydrogens is 335 g/mol. The third-order valence-corrected chi connectivity index (χ3v) is 4.06. The van der Waals surface area contributed by atoms with Crippen molar-refractivity contribution in [1.82, 2.24) is 4.90 Å². The van der Waals surface area contributed by atoms with Crippen molar-refractivity contribution < 1.29 is 27.4 Å². The Morgan fingerprint density at radius 3 is 2.28 bits per heavy atom. The second-order valence-electron chi connectivity index (χ2n) is 5.72. The molecule has 0 radical (unpaired) electrons. The summed E-state index contributed by atoms with van der Waals surface area (Å²) in [5, 5.41) is 0. The van der Waals surface area contributed by atoms with E-state index in [0.717, 1.165) is 5.56 Å². The number of nitrogens with zero attached hydrogens (tertiary/aromatic N) is 1. The number of likely N-dealkylation sites (N-methyl/N-ethyl adjacent to an activating group) is 1. The van der Waals surface area contributed by atoms with E-state index in [4.69, 9.17) is 9.47 Å². The van der Waals surface area contributed by atoms with Crippen LogP contribution in [0.2, 0.25) is 0 Å². The third-order valence-electron chi connectivity index (χ3n) is 4.06. The fraction of sp³-hybridized carbons (Fsp3) is 0.333. The zero-order valence-electron chi connectivity index (χ0n) is 13.6. The molecule has 7 heteroatoms. The van der Waals surface area contributed by atoms with Crippen LogP contribution in [0.25, 0.3) is 0 Å². The lowest BCUT2D eigenvalue weighted by Crippen LogP contribution is -2.56. The average molecular weight is 353 g/mol. The molecule has 0 spiro atoms. The summed E-state index contributed by atoms with van der Waals surface area (Å²) in [5.41, 5.74) is -0.246. The number of ether oxygens (including phenoxy) is 3. The van der Waals surface area contributed by atoms with E-state index in [1.54, 1.807) is 6.07 Å². The lowest BCUT2D eigenvalue weighted by atomic mass is 10.0. The first-order valence-corrected chi connectivity index (χ1v) is 7.79. The SMILES string of the molecule is CN1CCOCC1(Oc1ccccc1OC(F)(F)F)c1ccccc1. The van der Waals surface area contributed by atoms with E-state index >= 15 is 0 Å². The molecule has 1 heterocycles. The van der Waals surface area contributed by atoms with Gasteiger partial charge in [0, 0.05) is 12.1 Å². The molecule has 0 bridgehead atoms. The van der Waals surface area contributed by atoms with Crippen LogP contribution in [0.5, 0.6) is 11.5 Å². The number of morpholine rings is 1. The second kappa shape index (κ2) is 6.93. The van der Waals surface area contributed by atoms with Crippen LogP contribution in [0, 0.1) is 0 Å². The largest absolute Gasteiger partial charge is 0.573 e. The number of rotatable bonds is 4. The molecule has 0 saturated carbocycles. The fourth-order valence-corrected chi connectivity index (χ4v) is 2.80. The Balaban J connectivity index is 2.00. The van der Waals surface area contributed by atoms with E-state index in [0.29, 0.717) is 13.2 Å². The van der Waals surface area contributed by atoms with Crippen LogP contribution in [0.4, 0.5) is 13.2 Å². The number of benzene rings is 2. The van der Waals surface area contributed by atoms with E-state index in [9.17, 15) is 13.2 Å². The quantitative estimate of drug-likeness (QED) is 0.837. The van der Waals surface area contributed by atoms with Gasteiger partial charge in [-0.05, 0) is 19.2 Å². The molecule has 0 aromatic heterocycles. The van der Waals surface area contributed by atoms with Crippen LogP contribution in [-0.4, -0.2) is 38.1 Å². The molecule has 25 heavy (non-hydrogen) atoms. The molecule has 1 saturated heterocycles. The van der Waals surface area contributed by atoms with Crippen molar-refractivity contribution in [3.8, 4) is 11.5 Å². The maximum absolute atomic E-state index is 12.7. The van der Waals surface area contributed by atoms with Crippen molar-refractivity contribution in [2.24, 2.45) is 0 Å². The highest BCUT2D eigenvalue weighted by Crippen LogP contribution is 2.39. The zero-order valence-corrected chi connectivity index (χ0v) is 13.6. The fourth-order valence-electron chi connectivity index (χ4n) is 2.80. The topological polar surface area (TPSA) is 30.9 Å². The van der Waals surface area contributed by atoms with Crippen LogP contribution in [0.3, 0.4) is 0 Å². The zero-order chi connectivity index (χ0) is 17.9. The molecule has 0 aliphatic carbocycles. The highest BCUT2D eigenvalue weighted by Gasteiger charge is 2.43. The molecule has 2 aromatic rings. The normalized spacial score (nSPS) is 21.8. The Morgan fingerprint density at radius 2 is 1.64 bits per heavy atom. The van der Waals surface area contributed by atoms with Crippen molar-refractivity contribution in [2.75, 3.05) is 26.8 Å². The molecule has 0 amide bonds. The van der Waals surface area contributed by atoms with Gasteiger partial charge in [-0.1, -0.05) is 42.5 Å². The molecule has 0 N–H and O–H groups in total. The summed E-state index contributed by atoms with van der Waals surface area (Å²) < 4.78 is 53.8. The molecule has 2 aromatic carbocycles. The first-order valence-electron chi connectivity index (χ1n) is 7.79. The summed E-state index contributed by atoms with van der Waals surface area (Å²) in [6, 6.07) is 15.0. The van der Waals surface area contributed by atoms with Crippen molar-refractivity contribution in [3.63, 3.8) is 0 Å². The van der Waals surface area contributed by atoms with Crippen LogP contribution in [-0.2, 0) is 10.5 Å². The van der Waals surface area contributed by atoms with E-state index in [2.05, 4.69) is 4.74 Å². The monoisotopic (exact) mass is 353 g/mol. The highest BCUT2D eigenvalue weighted by atomic mass is 19.4. The molecule has 3 rings (SSSR count). The predicted molar refractivity (Wildman–Crippen MR) is 85.3 cm³/mol. The van der Waals surface area contributed by atoms with Crippen molar-refractivity contribution in [2.45, 2.75) is 12.1 Å². The number of alkyl halides is 3. The summed E-state index contributed by atoms with van der Waals surface area (Å²) in [6.07, 6.45) is -4.80. The Morgan fingerprint density at radius 1 is 1.00 bits per heavy atom. The third kappa shape index (κ3) is 3.88. The standard InChI is InChI=1S/C18H18F3NO3/c1-22-11-12-23-13-17(22,14-7-3-2-4-8-14)24-15-9-5-6-10-16(15)25-18(19,20)21/h2-10H,11-13H2,1H3. The van der Waals surface area contributed by atoms with Gasteiger partial charge in [0.1, 0.15) is 6.61 Å². The molecule has 4 nitrogen and oxygen atoms in total. The first-order chi connectivity index (χ1) is 11.9. The lowest BCUT2D eigenvalue weighted by molar-refractivity contribution is -0.276. The van der Waals surface area contributed by atoms with Gasteiger partial charge in [0.2, 0.25) is 5.72 Å². The molecule has 1 unspecified atom stereocenters. The van der Waals surface area contributed by atoms with Gasteiger partial charge in [-0.3, -0.25) is 4.90 Å². The summed E-state index contributed by atoms with van der Waals surface area (Å²) in [4.78, 5) is 1.93. The van der Waals surface area contributed by atoms with Gasteiger partial charge in [-0.15, -0.1) is 13.2 Å². The van der Waals surface area contributed by atoms with Crippen molar-refractivity contribution in [1.29, 1.82) is 0 Å². The van der Waals surface area contributed by atoms with Crippen LogP contribution >= 0.6 is 0 Å². The minimum Gasteiger partial charge on any atom is -0.462 e. The van der Waals surface area contributed by atoms with Crippen molar-refractivity contribution >= 4 is 0 Å². The van der Waals surface area contributed by atoms with Gasteiger partial charge < -0.3 is 14.2 Å². The maximum Gasteiger partial charge on any atom is 0.573 e. The molecule has 134 valence electrons. The van der Waals surface area contributed by atoms with Gasteiger partial charge in [-0.2, -0.15) is 0 Å². The Kier molecular flexibility index (Phi) is 4.87. The van der Waals surface area contributed by atoms with Crippen LogP contribution < -0.4 is 9.47 Å². The number of para-hydroxylation sites is 2. The van der Waals surface area contributed by atoms with E-state index in [-0.39, 0.29) is 18.1 Å². The molecule has 1 aliphatic heterocycles. The summed E-state index contributed by atoms with van der Waals surface area (Å²) in [5.74, 6) is -0.384. The van der Waals surface area contributed by atoms with Gasteiger partial charge in [-0.25, -0.2) is 0 Å². The smallest absolute Gasteiger partial charge is 0.462 e. The van der Waals surface area contributed by atoms with E-state index in [1.165, 1.54) is 18.2 Å². The summed E-state index contributed by atoms with van der Waals surface area (Å²) in [6.45, 7) is 1.29. The molecule has 1 fully saturated rings. The van der Waals surface area contributed by atoms with E-state index < -0.39 is 12.1 Å². The van der Waals surface area contributed by atoms with Gasteiger partial charge >= 0.3 is 6.36 Å². The Labute approximate surface area is 143 Å². The lowest BCUT2D eigenvalue weighted by Gasteiger charge is -2.45. The van der Waals surface area contributed by atoms with Gasteiger partial charge in [0.05, 0.1) is 6.61 Å². The molecule has 1 aliphatic rings. The summed E-state index contributed by atoms with van der Waals surface area (Å²) in [7, 11) is 1.85. The Bertz CT molecular complexity index is 708. The summed E-state index contributed by atoms with van der Waals surface area (Å²) >= 11 is 0. The van der Waals surface area contributed by atoms with Gasteiger partial charge in [0.15, 0.2) is 11.5 Å². The number of hydrogen-bond donors (Lipinski definition) is 0. The first kappa shape index (κ1) is 17.6. The number of halogens is 3. The van der Waals surface area contributed by atoms with Crippen LogP contribution in [0.1, 0.15) is 5.56 Å². The molecule has 1 atom stereocenters. The van der Waals surface area contributed by atoms with Crippen LogP contribution in [0.15, 0.2) is 54.6 Å². The van der Waals surface area contributed by atoms with E-state index in [1.807, 2.05) is 42.3 Å². The molecular formula is C18H18F3NO3. The minimum absolute atomic E-state index is 0.000952. The maximum atomic E-state index is 12.7. The highest BCUT2D eigenvalue weighted by molar-refractivity contribution is 5.41. The predicted octanol–water partition coefficient (Wildman–Crippen LogP) is 3.78. The Hall–Kier alpha value is -2.25. The second-order valence-corrected chi connectivity index (χ2v) is 5.72.